The van der Waals surface area contributed by atoms with Gasteiger partial charge in [-0.25, -0.2) is 0 Å². The summed E-state index contributed by atoms with van der Waals surface area (Å²) in [6, 6.07) is 0.791. The number of unbranched alkanes of at least 4 members (excludes halogenated alkanes) is 3. The van der Waals surface area contributed by atoms with E-state index in [1.165, 1.54) is 64.7 Å². The van der Waals surface area contributed by atoms with E-state index in [1.54, 1.807) is 0 Å². The normalized spacial score (nSPS) is 22.2. The topological polar surface area (TPSA) is 15.3 Å². The number of hydrogen-bond donors (Lipinski definition) is 1. The van der Waals surface area contributed by atoms with E-state index in [0.717, 1.165) is 12.0 Å². The van der Waals surface area contributed by atoms with Gasteiger partial charge >= 0.3 is 0 Å². The summed E-state index contributed by atoms with van der Waals surface area (Å²) in [5.41, 5.74) is 0. The molecule has 0 aromatic heterocycles. The molecular formula is C15H32N2. The minimum Gasteiger partial charge on any atom is -0.314 e. The first-order chi connectivity index (χ1) is 8.24. The summed E-state index contributed by atoms with van der Waals surface area (Å²) in [6.45, 7) is 11.9. The van der Waals surface area contributed by atoms with Crippen molar-refractivity contribution in [1.82, 2.24) is 10.2 Å². The Labute approximate surface area is 108 Å². The summed E-state index contributed by atoms with van der Waals surface area (Å²) in [4.78, 5) is 2.69. The van der Waals surface area contributed by atoms with Crippen LogP contribution < -0.4 is 5.32 Å². The smallest absolute Gasteiger partial charge is 0.0218 e. The molecule has 1 fully saturated rings. The second-order valence-corrected chi connectivity index (χ2v) is 5.90. The zero-order valence-electron chi connectivity index (χ0n) is 12.2. The predicted octanol–water partition coefficient (Wildman–Crippen LogP) is 3.28. The van der Waals surface area contributed by atoms with Crippen molar-refractivity contribution in [2.75, 3.05) is 26.2 Å². The second kappa shape index (κ2) is 8.93. The van der Waals surface area contributed by atoms with Gasteiger partial charge in [0.15, 0.2) is 0 Å². The molecule has 0 amide bonds. The van der Waals surface area contributed by atoms with Gasteiger partial charge < -0.3 is 5.32 Å². The quantitative estimate of drug-likeness (QED) is 0.655. The molecule has 102 valence electrons. The Morgan fingerprint density at radius 3 is 2.65 bits per heavy atom. The first kappa shape index (κ1) is 15.0. The van der Waals surface area contributed by atoms with Gasteiger partial charge in [0, 0.05) is 25.7 Å². The molecule has 1 unspecified atom stereocenters. The molecule has 2 nitrogen and oxygen atoms in total. The summed E-state index contributed by atoms with van der Waals surface area (Å²) in [7, 11) is 0. The van der Waals surface area contributed by atoms with Crippen LogP contribution in [0.3, 0.4) is 0 Å². The zero-order valence-corrected chi connectivity index (χ0v) is 12.2. The monoisotopic (exact) mass is 240 g/mol. The molecule has 0 aromatic rings. The maximum atomic E-state index is 3.50. The van der Waals surface area contributed by atoms with Crippen molar-refractivity contribution in [1.29, 1.82) is 0 Å². The average Bonchev–Trinajstić information content (AvgIpc) is 2.33. The van der Waals surface area contributed by atoms with Crippen molar-refractivity contribution >= 4 is 0 Å². The largest absolute Gasteiger partial charge is 0.314 e. The van der Waals surface area contributed by atoms with Gasteiger partial charge in [0.2, 0.25) is 0 Å². The summed E-state index contributed by atoms with van der Waals surface area (Å²) in [5, 5.41) is 3.50. The second-order valence-electron chi connectivity index (χ2n) is 5.90. The Kier molecular flexibility index (Phi) is 7.87. The molecule has 0 radical (unpaired) electrons. The van der Waals surface area contributed by atoms with Crippen LogP contribution in [0.4, 0.5) is 0 Å². The standard InChI is InChI=1S/C15H32N2/c1-4-15-13-16-10-12-17(15)11-8-6-5-7-9-14(2)3/h14-16H,4-13H2,1-3H3. The minimum atomic E-state index is 0.791. The van der Waals surface area contributed by atoms with E-state index < -0.39 is 0 Å². The van der Waals surface area contributed by atoms with Crippen LogP contribution in [0.15, 0.2) is 0 Å². The lowest BCUT2D eigenvalue weighted by molar-refractivity contribution is 0.154. The van der Waals surface area contributed by atoms with Crippen LogP contribution in [0.1, 0.15) is 59.3 Å². The Hall–Kier alpha value is -0.0800. The molecule has 0 spiro atoms. The molecule has 17 heavy (non-hydrogen) atoms. The summed E-state index contributed by atoms with van der Waals surface area (Å²) in [6.07, 6.45) is 8.38. The van der Waals surface area contributed by atoms with Gasteiger partial charge in [-0.2, -0.15) is 0 Å². The Balaban J connectivity index is 2.01. The van der Waals surface area contributed by atoms with Gasteiger partial charge in [0.05, 0.1) is 0 Å². The third-order valence-corrected chi connectivity index (χ3v) is 3.92. The van der Waals surface area contributed by atoms with E-state index in [4.69, 9.17) is 0 Å². The van der Waals surface area contributed by atoms with Gasteiger partial charge in [-0.15, -0.1) is 0 Å². The van der Waals surface area contributed by atoms with Crippen molar-refractivity contribution in [3.05, 3.63) is 0 Å². The SMILES string of the molecule is CCC1CNCCN1CCCCCCC(C)C. The van der Waals surface area contributed by atoms with E-state index in [1.807, 2.05) is 0 Å². The lowest BCUT2D eigenvalue weighted by atomic mass is 10.0. The van der Waals surface area contributed by atoms with E-state index in [0.29, 0.717) is 0 Å². The van der Waals surface area contributed by atoms with E-state index >= 15 is 0 Å². The highest BCUT2D eigenvalue weighted by molar-refractivity contribution is 4.78. The van der Waals surface area contributed by atoms with Crippen LogP contribution in [0.5, 0.6) is 0 Å². The third kappa shape index (κ3) is 6.42. The molecule has 0 bridgehead atoms. The summed E-state index contributed by atoms with van der Waals surface area (Å²) < 4.78 is 0. The molecule has 2 heteroatoms. The fourth-order valence-corrected chi connectivity index (χ4v) is 2.72. The molecule has 1 aliphatic heterocycles. The van der Waals surface area contributed by atoms with Crippen LogP contribution in [0, 0.1) is 5.92 Å². The third-order valence-electron chi connectivity index (χ3n) is 3.92. The summed E-state index contributed by atoms with van der Waals surface area (Å²) >= 11 is 0. The fraction of sp³-hybridized carbons (Fsp3) is 1.00. The first-order valence-electron chi connectivity index (χ1n) is 7.68. The highest BCUT2D eigenvalue weighted by Crippen LogP contribution is 2.12. The van der Waals surface area contributed by atoms with Crippen LogP contribution >= 0.6 is 0 Å². The first-order valence-corrected chi connectivity index (χ1v) is 7.68. The molecule has 1 heterocycles. The molecular weight excluding hydrogens is 208 g/mol. The van der Waals surface area contributed by atoms with Gasteiger partial charge in [-0.05, 0) is 25.3 Å². The van der Waals surface area contributed by atoms with Gasteiger partial charge in [0.1, 0.15) is 0 Å². The van der Waals surface area contributed by atoms with E-state index in [-0.39, 0.29) is 0 Å². The van der Waals surface area contributed by atoms with Gasteiger partial charge in [0.25, 0.3) is 0 Å². The molecule has 1 rings (SSSR count). The molecule has 1 saturated heterocycles. The molecule has 0 saturated carbocycles. The maximum absolute atomic E-state index is 3.50. The van der Waals surface area contributed by atoms with Crippen molar-refractivity contribution in [2.45, 2.75) is 65.3 Å². The molecule has 1 aliphatic rings. The molecule has 0 aliphatic carbocycles. The van der Waals surface area contributed by atoms with Crippen LogP contribution in [0.2, 0.25) is 0 Å². The van der Waals surface area contributed by atoms with Crippen molar-refractivity contribution < 1.29 is 0 Å². The summed E-state index contributed by atoms with van der Waals surface area (Å²) in [5.74, 6) is 0.882. The zero-order chi connectivity index (χ0) is 12.5. The minimum absolute atomic E-state index is 0.791. The lowest BCUT2D eigenvalue weighted by Crippen LogP contribution is -2.51. The van der Waals surface area contributed by atoms with Crippen LogP contribution in [-0.2, 0) is 0 Å². The van der Waals surface area contributed by atoms with Crippen molar-refractivity contribution in [2.24, 2.45) is 5.92 Å². The van der Waals surface area contributed by atoms with Crippen molar-refractivity contribution in [3.8, 4) is 0 Å². The van der Waals surface area contributed by atoms with Crippen LogP contribution in [-0.4, -0.2) is 37.1 Å². The number of rotatable bonds is 8. The number of hydrogen-bond acceptors (Lipinski definition) is 2. The van der Waals surface area contributed by atoms with Crippen LogP contribution in [0.25, 0.3) is 0 Å². The Bertz CT molecular complexity index is 180. The highest BCUT2D eigenvalue weighted by Gasteiger charge is 2.19. The van der Waals surface area contributed by atoms with E-state index in [9.17, 15) is 0 Å². The highest BCUT2D eigenvalue weighted by atomic mass is 15.2. The number of nitrogens with zero attached hydrogens (tertiary/aromatic N) is 1. The fourth-order valence-electron chi connectivity index (χ4n) is 2.72. The number of nitrogens with one attached hydrogen (secondary N) is 1. The molecule has 0 aromatic carbocycles. The van der Waals surface area contributed by atoms with Gasteiger partial charge in [-0.1, -0.05) is 46.5 Å². The predicted molar refractivity (Wildman–Crippen MR) is 76.4 cm³/mol. The number of piperazine rings is 1. The van der Waals surface area contributed by atoms with Gasteiger partial charge in [-0.3, -0.25) is 4.90 Å². The Morgan fingerprint density at radius 2 is 1.94 bits per heavy atom. The van der Waals surface area contributed by atoms with E-state index in [2.05, 4.69) is 31.0 Å². The molecule has 1 N–H and O–H groups in total. The Morgan fingerprint density at radius 1 is 1.18 bits per heavy atom. The molecule has 1 atom stereocenters. The lowest BCUT2D eigenvalue weighted by Gasteiger charge is -2.35. The average molecular weight is 240 g/mol. The van der Waals surface area contributed by atoms with Crippen molar-refractivity contribution in [3.63, 3.8) is 0 Å². The maximum Gasteiger partial charge on any atom is 0.0218 e.